The van der Waals surface area contributed by atoms with Crippen LogP contribution in [0.3, 0.4) is 0 Å². The summed E-state index contributed by atoms with van der Waals surface area (Å²) in [5.41, 5.74) is 1.04. The number of fused-ring (bicyclic) bond motifs is 1. The summed E-state index contributed by atoms with van der Waals surface area (Å²) < 4.78 is 12.3. The van der Waals surface area contributed by atoms with Crippen LogP contribution in [0.4, 0.5) is 0 Å². The van der Waals surface area contributed by atoms with E-state index >= 15 is 0 Å². The van der Waals surface area contributed by atoms with Crippen LogP contribution in [0.25, 0.3) is 0 Å². The number of carbonyl (C=O) groups is 1. The van der Waals surface area contributed by atoms with Crippen LogP contribution in [0, 0.1) is 0 Å². The average Bonchev–Trinajstić information content (AvgIpc) is 3.32. The number of aromatic nitrogens is 3. The van der Waals surface area contributed by atoms with Crippen LogP contribution in [0.15, 0.2) is 29.7 Å². The van der Waals surface area contributed by atoms with Crippen LogP contribution < -0.4 is 9.47 Å². The number of piperazine rings is 1. The van der Waals surface area contributed by atoms with E-state index < -0.39 is 0 Å². The van der Waals surface area contributed by atoms with Gasteiger partial charge in [0.05, 0.1) is 20.3 Å². The number of rotatable bonds is 6. The van der Waals surface area contributed by atoms with Crippen LogP contribution in [-0.2, 0) is 0 Å². The second-order valence-electron chi connectivity index (χ2n) is 6.86. The minimum atomic E-state index is -0.289. The van der Waals surface area contributed by atoms with E-state index in [1.54, 1.807) is 14.2 Å². The van der Waals surface area contributed by atoms with Gasteiger partial charge in [0.15, 0.2) is 16.7 Å². The number of likely N-dealkylation sites (N-methyl/N-ethyl adjacent to an activating group) is 1. The molecule has 1 fully saturated rings. The van der Waals surface area contributed by atoms with Crippen molar-refractivity contribution >= 4 is 17.7 Å². The highest BCUT2D eigenvalue weighted by Gasteiger charge is 2.43. The highest BCUT2D eigenvalue weighted by Crippen LogP contribution is 2.42. The normalized spacial score (nSPS) is 21.5. The first-order valence-corrected chi connectivity index (χ1v) is 10.3. The van der Waals surface area contributed by atoms with Gasteiger partial charge in [0.1, 0.15) is 11.6 Å². The molecule has 8 nitrogen and oxygen atoms in total. The minimum Gasteiger partial charge on any atom is -0.493 e. The molecule has 2 aliphatic rings. The van der Waals surface area contributed by atoms with Crippen molar-refractivity contribution in [3.63, 3.8) is 0 Å². The quantitative estimate of drug-likeness (QED) is 0.723. The van der Waals surface area contributed by atoms with Gasteiger partial charge in [-0.15, -0.1) is 0 Å². The fraction of sp³-hybridized carbons (Fsp3) is 0.526. The maximum absolute atomic E-state index is 13.1. The molecule has 2 unspecified atom stereocenters. The number of methoxy groups -OCH3 is 2. The Morgan fingerprint density at radius 2 is 1.93 bits per heavy atom. The molecular weight excluding hydrogens is 378 g/mol. The van der Waals surface area contributed by atoms with E-state index in [-0.39, 0.29) is 17.2 Å². The molecule has 2 aromatic rings. The molecule has 1 aromatic heterocycles. The van der Waals surface area contributed by atoms with Gasteiger partial charge in [0.25, 0.3) is 5.91 Å². The molecule has 0 aliphatic carbocycles. The smallest absolute Gasteiger partial charge is 0.264 e. The van der Waals surface area contributed by atoms with Gasteiger partial charge in [-0.1, -0.05) is 24.8 Å². The first-order chi connectivity index (χ1) is 13.7. The van der Waals surface area contributed by atoms with Crippen molar-refractivity contribution in [1.29, 1.82) is 0 Å². The lowest BCUT2D eigenvalue weighted by Crippen LogP contribution is -2.50. The van der Waals surface area contributed by atoms with Crippen molar-refractivity contribution in [2.24, 2.45) is 0 Å². The Kier molecular flexibility index (Phi) is 5.56. The summed E-state index contributed by atoms with van der Waals surface area (Å²) in [6, 6.07) is 5.84. The van der Waals surface area contributed by atoms with Crippen LogP contribution >= 0.6 is 11.8 Å². The van der Waals surface area contributed by atoms with Gasteiger partial charge < -0.3 is 14.4 Å². The minimum absolute atomic E-state index is 0.0183. The van der Waals surface area contributed by atoms with Crippen molar-refractivity contribution in [2.75, 3.05) is 46.9 Å². The molecule has 0 N–H and O–H groups in total. The summed E-state index contributed by atoms with van der Waals surface area (Å²) in [4.78, 5) is 22.1. The van der Waals surface area contributed by atoms with Crippen molar-refractivity contribution in [3.05, 3.63) is 30.1 Å². The number of ether oxygens (including phenoxy) is 2. The third kappa shape index (κ3) is 3.38. The van der Waals surface area contributed by atoms with E-state index in [1.165, 1.54) is 22.8 Å². The zero-order valence-electron chi connectivity index (χ0n) is 16.4. The third-order valence-electron chi connectivity index (χ3n) is 5.48. The standard InChI is InChI=1S/C19H25N5O3S/c1-4-22-7-9-23(10-8-22)16(13-5-6-14(26-2)15(11-13)27-3)17-18(25)24-19(28-17)20-12-21-24/h5-6,11-12,16-17H,4,7-10H2,1-3H3. The molecular formula is C19H25N5O3S. The molecule has 0 amide bonds. The zero-order valence-corrected chi connectivity index (χ0v) is 17.2. The second-order valence-corrected chi connectivity index (χ2v) is 7.97. The first-order valence-electron chi connectivity index (χ1n) is 9.45. The monoisotopic (exact) mass is 403 g/mol. The molecule has 2 atom stereocenters. The highest BCUT2D eigenvalue weighted by molar-refractivity contribution is 8.00. The third-order valence-corrected chi connectivity index (χ3v) is 6.69. The molecule has 0 spiro atoms. The van der Waals surface area contributed by atoms with Crippen molar-refractivity contribution in [2.45, 2.75) is 23.4 Å². The Labute approximate surface area is 168 Å². The molecule has 9 heteroatoms. The maximum atomic E-state index is 13.1. The first kappa shape index (κ1) is 19.2. The number of hydrogen-bond donors (Lipinski definition) is 0. The van der Waals surface area contributed by atoms with E-state index in [2.05, 4.69) is 26.8 Å². The highest BCUT2D eigenvalue weighted by atomic mass is 32.2. The van der Waals surface area contributed by atoms with Crippen LogP contribution in [0.5, 0.6) is 11.5 Å². The largest absolute Gasteiger partial charge is 0.493 e. The van der Waals surface area contributed by atoms with E-state index in [0.29, 0.717) is 16.7 Å². The van der Waals surface area contributed by atoms with Gasteiger partial charge >= 0.3 is 0 Å². The summed E-state index contributed by atoms with van der Waals surface area (Å²) in [7, 11) is 3.26. The summed E-state index contributed by atoms with van der Waals surface area (Å²) in [6.07, 6.45) is 1.43. The maximum Gasteiger partial charge on any atom is 0.264 e. The van der Waals surface area contributed by atoms with Crippen molar-refractivity contribution in [1.82, 2.24) is 24.6 Å². The number of thioether (sulfide) groups is 1. The predicted molar refractivity (Wildman–Crippen MR) is 106 cm³/mol. The molecule has 150 valence electrons. The number of hydrogen-bond acceptors (Lipinski definition) is 8. The van der Waals surface area contributed by atoms with Gasteiger partial charge in [-0.05, 0) is 24.2 Å². The number of benzene rings is 1. The van der Waals surface area contributed by atoms with Gasteiger partial charge in [0, 0.05) is 26.2 Å². The fourth-order valence-corrected chi connectivity index (χ4v) is 5.15. The lowest BCUT2D eigenvalue weighted by molar-refractivity contribution is 0.0738. The topological polar surface area (TPSA) is 72.7 Å². The lowest BCUT2D eigenvalue weighted by atomic mass is 9.99. The van der Waals surface area contributed by atoms with Crippen LogP contribution in [-0.4, -0.2) is 82.7 Å². The molecule has 3 heterocycles. The number of carbonyl (C=O) groups excluding carboxylic acids is 1. The van der Waals surface area contributed by atoms with Gasteiger partial charge in [-0.3, -0.25) is 9.69 Å². The summed E-state index contributed by atoms with van der Waals surface area (Å²) >= 11 is 1.49. The zero-order chi connectivity index (χ0) is 19.7. The molecule has 4 rings (SSSR count). The summed E-state index contributed by atoms with van der Waals surface area (Å²) in [6.45, 7) is 7.04. The Hall–Kier alpha value is -2.10. The van der Waals surface area contributed by atoms with Gasteiger partial charge in [-0.2, -0.15) is 9.78 Å². The van der Waals surface area contributed by atoms with Crippen LogP contribution in [0.2, 0.25) is 0 Å². The Morgan fingerprint density at radius 1 is 1.18 bits per heavy atom. The predicted octanol–water partition coefficient (Wildman–Crippen LogP) is 1.79. The van der Waals surface area contributed by atoms with Crippen LogP contribution in [0.1, 0.15) is 23.3 Å². The Bertz CT molecular complexity index is 850. The van der Waals surface area contributed by atoms with Gasteiger partial charge in [0.2, 0.25) is 0 Å². The molecule has 0 saturated carbocycles. The molecule has 1 saturated heterocycles. The lowest BCUT2D eigenvalue weighted by Gasteiger charge is -2.40. The summed E-state index contributed by atoms with van der Waals surface area (Å²) in [5, 5.41) is 4.47. The van der Waals surface area contributed by atoms with Crippen molar-refractivity contribution in [3.8, 4) is 11.5 Å². The molecule has 0 radical (unpaired) electrons. The van der Waals surface area contributed by atoms with E-state index in [4.69, 9.17) is 9.47 Å². The SMILES string of the molecule is CCN1CCN(C(c2ccc(OC)c(OC)c2)C2Sc3ncnn3C2=O)CC1. The average molecular weight is 404 g/mol. The van der Waals surface area contributed by atoms with E-state index in [0.717, 1.165) is 38.3 Å². The molecule has 0 bridgehead atoms. The Balaban J connectivity index is 1.68. The Morgan fingerprint density at radius 3 is 2.57 bits per heavy atom. The fourth-order valence-electron chi connectivity index (χ4n) is 3.92. The van der Waals surface area contributed by atoms with Gasteiger partial charge in [-0.25, -0.2) is 4.98 Å². The summed E-state index contributed by atoms with van der Waals surface area (Å²) in [5.74, 6) is 1.33. The molecule has 2 aliphatic heterocycles. The number of nitrogens with zero attached hydrogens (tertiary/aromatic N) is 5. The second kappa shape index (κ2) is 8.10. The van der Waals surface area contributed by atoms with E-state index in [1.807, 2.05) is 18.2 Å². The van der Waals surface area contributed by atoms with E-state index in [9.17, 15) is 4.79 Å². The molecule has 28 heavy (non-hydrogen) atoms. The molecule has 1 aromatic carbocycles. The van der Waals surface area contributed by atoms with Crippen molar-refractivity contribution < 1.29 is 14.3 Å².